The number of hydrogen-bond acceptors (Lipinski definition) is 3. The first-order valence-corrected chi connectivity index (χ1v) is 4.60. The van der Waals surface area contributed by atoms with Gasteiger partial charge in [0, 0.05) is 0 Å². The third kappa shape index (κ3) is 1.21. The molecule has 0 aromatic heterocycles. The Hall–Kier alpha value is -1.84. The topological polar surface area (TPSA) is 55.4 Å². The zero-order chi connectivity index (χ0) is 11.2. The van der Waals surface area contributed by atoms with Crippen LogP contribution in [0.15, 0.2) is 6.07 Å². The molecule has 0 fully saturated rings. The molecular formula is C11H11NO3. The van der Waals surface area contributed by atoms with Gasteiger partial charge in [0.05, 0.1) is 18.4 Å². The number of nitrogens with one attached hydrogen (secondary N) is 1. The molecule has 78 valence electrons. The minimum atomic E-state index is -0.569. The molecule has 2 rings (SSSR count). The highest BCUT2D eigenvalue weighted by Gasteiger charge is 2.30. The smallest absolute Gasteiger partial charge is 0.296 e. The molecule has 1 amide bonds. The van der Waals surface area contributed by atoms with E-state index >= 15 is 0 Å². The number of amides is 1. The molecule has 0 saturated heterocycles. The maximum atomic E-state index is 11.5. The van der Waals surface area contributed by atoms with Crippen LogP contribution < -0.4 is 10.1 Å². The number of hydrogen-bond donors (Lipinski definition) is 1. The van der Waals surface area contributed by atoms with Crippen molar-refractivity contribution in [3.05, 3.63) is 22.8 Å². The van der Waals surface area contributed by atoms with Crippen LogP contribution in [0, 0.1) is 13.8 Å². The van der Waals surface area contributed by atoms with Gasteiger partial charge in [0.2, 0.25) is 0 Å². The van der Waals surface area contributed by atoms with Crippen LogP contribution in [-0.2, 0) is 4.79 Å². The molecule has 1 heterocycles. The van der Waals surface area contributed by atoms with E-state index in [2.05, 4.69) is 5.32 Å². The third-order valence-electron chi connectivity index (χ3n) is 2.76. The lowest BCUT2D eigenvalue weighted by Crippen LogP contribution is -2.12. The predicted octanol–water partition coefficient (Wildman–Crippen LogP) is 1.45. The lowest BCUT2D eigenvalue weighted by Gasteiger charge is -2.11. The first kappa shape index (κ1) is 9.71. The monoisotopic (exact) mass is 205 g/mol. The molecule has 0 saturated carbocycles. The second kappa shape index (κ2) is 3.08. The minimum absolute atomic E-state index is 0.403. The van der Waals surface area contributed by atoms with E-state index in [0.717, 1.165) is 11.1 Å². The van der Waals surface area contributed by atoms with Crippen LogP contribution in [0.25, 0.3) is 0 Å². The van der Waals surface area contributed by atoms with Crippen LogP contribution in [0.1, 0.15) is 21.5 Å². The van der Waals surface area contributed by atoms with Crippen molar-refractivity contribution in [2.24, 2.45) is 0 Å². The molecule has 0 spiro atoms. The van der Waals surface area contributed by atoms with E-state index < -0.39 is 11.7 Å². The second-order valence-electron chi connectivity index (χ2n) is 3.53. The molecule has 1 aromatic carbocycles. The van der Waals surface area contributed by atoms with Gasteiger partial charge in [0.15, 0.2) is 0 Å². The average molecular weight is 205 g/mol. The summed E-state index contributed by atoms with van der Waals surface area (Å²) in [6, 6.07) is 1.61. The summed E-state index contributed by atoms with van der Waals surface area (Å²) in [6.07, 6.45) is 0. The van der Waals surface area contributed by atoms with Crippen molar-refractivity contribution in [1.29, 1.82) is 0 Å². The Labute approximate surface area is 87.2 Å². The molecule has 1 aromatic rings. The van der Waals surface area contributed by atoms with E-state index in [-0.39, 0.29) is 0 Å². The molecule has 0 bridgehead atoms. The fourth-order valence-electron chi connectivity index (χ4n) is 1.73. The highest BCUT2D eigenvalue weighted by Crippen LogP contribution is 2.34. The molecule has 0 radical (unpaired) electrons. The molecule has 15 heavy (non-hydrogen) atoms. The van der Waals surface area contributed by atoms with Crippen LogP contribution in [0.5, 0.6) is 5.75 Å². The van der Waals surface area contributed by atoms with Gasteiger partial charge in [0.1, 0.15) is 5.75 Å². The number of rotatable bonds is 1. The quantitative estimate of drug-likeness (QED) is 0.706. The van der Waals surface area contributed by atoms with Crippen LogP contribution >= 0.6 is 0 Å². The molecule has 4 heteroatoms. The first-order valence-electron chi connectivity index (χ1n) is 4.60. The number of carbonyl (C=O) groups is 2. The Morgan fingerprint density at radius 1 is 1.20 bits per heavy atom. The van der Waals surface area contributed by atoms with Gasteiger partial charge < -0.3 is 10.1 Å². The normalized spacial score (nSPS) is 13.8. The van der Waals surface area contributed by atoms with Gasteiger partial charge in [-0.15, -0.1) is 0 Å². The number of ketones is 1. The van der Waals surface area contributed by atoms with Gasteiger partial charge >= 0.3 is 0 Å². The summed E-state index contributed by atoms with van der Waals surface area (Å²) < 4.78 is 5.14. The average Bonchev–Trinajstić information content (AvgIpc) is 2.50. The number of carbonyl (C=O) groups excluding carboxylic acids is 2. The van der Waals surface area contributed by atoms with Gasteiger partial charge in [-0.2, -0.15) is 0 Å². The number of Topliss-reactive ketones (excluding diaryl/α,β-unsaturated/α-hetero) is 1. The number of anilines is 1. The third-order valence-corrected chi connectivity index (χ3v) is 2.76. The predicted molar refractivity (Wildman–Crippen MR) is 55.4 cm³/mol. The number of ether oxygens (including phenoxy) is 1. The van der Waals surface area contributed by atoms with Crippen molar-refractivity contribution in [1.82, 2.24) is 0 Å². The minimum Gasteiger partial charge on any atom is -0.496 e. The van der Waals surface area contributed by atoms with Crippen molar-refractivity contribution < 1.29 is 14.3 Å². The Kier molecular flexibility index (Phi) is 2.00. The zero-order valence-electron chi connectivity index (χ0n) is 8.80. The highest BCUT2D eigenvalue weighted by molar-refractivity contribution is 6.51. The summed E-state index contributed by atoms with van der Waals surface area (Å²) in [6.45, 7) is 3.75. The second-order valence-corrected chi connectivity index (χ2v) is 3.53. The number of methoxy groups -OCH3 is 1. The van der Waals surface area contributed by atoms with E-state index in [9.17, 15) is 9.59 Å². The van der Waals surface area contributed by atoms with E-state index in [0.29, 0.717) is 17.0 Å². The Morgan fingerprint density at radius 3 is 2.47 bits per heavy atom. The summed E-state index contributed by atoms with van der Waals surface area (Å²) in [7, 11) is 1.54. The Morgan fingerprint density at radius 2 is 1.87 bits per heavy atom. The first-order chi connectivity index (χ1) is 7.06. The molecule has 1 aliphatic rings. The molecule has 0 aliphatic carbocycles. The summed E-state index contributed by atoms with van der Waals surface area (Å²) in [5.41, 5.74) is 2.83. The van der Waals surface area contributed by atoms with Gasteiger partial charge in [-0.05, 0) is 31.0 Å². The molecular weight excluding hydrogens is 194 g/mol. The van der Waals surface area contributed by atoms with Crippen molar-refractivity contribution in [2.75, 3.05) is 12.4 Å². The largest absolute Gasteiger partial charge is 0.496 e. The van der Waals surface area contributed by atoms with Crippen molar-refractivity contribution in [3.8, 4) is 5.75 Å². The van der Waals surface area contributed by atoms with Gasteiger partial charge in [-0.3, -0.25) is 9.59 Å². The molecule has 1 N–H and O–H groups in total. The van der Waals surface area contributed by atoms with E-state index in [1.807, 2.05) is 13.8 Å². The summed E-state index contributed by atoms with van der Waals surface area (Å²) in [5, 5.41) is 2.56. The van der Waals surface area contributed by atoms with Gasteiger partial charge in [-0.25, -0.2) is 0 Å². The number of benzene rings is 1. The van der Waals surface area contributed by atoms with Crippen molar-refractivity contribution >= 4 is 17.4 Å². The fraction of sp³-hybridized carbons (Fsp3) is 0.273. The van der Waals surface area contributed by atoms with Crippen LogP contribution in [0.2, 0.25) is 0 Å². The lowest BCUT2D eigenvalue weighted by atomic mass is 10.0. The van der Waals surface area contributed by atoms with E-state index in [1.165, 1.54) is 0 Å². The van der Waals surface area contributed by atoms with Crippen LogP contribution in [0.3, 0.4) is 0 Å². The maximum absolute atomic E-state index is 11.5. The van der Waals surface area contributed by atoms with E-state index in [1.54, 1.807) is 13.2 Å². The Bertz CT molecular complexity index is 477. The lowest BCUT2D eigenvalue weighted by molar-refractivity contribution is -0.112. The summed E-state index contributed by atoms with van der Waals surface area (Å²) in [5.74, 6) is -0.428. The SMILES string of the molecule is COc1cc2c(c(C)c1C)NC(=O)C2=O. The van der Waals surface area contributed by atoms with Gasteiger partial charge in [0.25, 0.3) is 11.7 Å². The fourth-order valence-corrected chi connectivity index (χ4v) is 1.73. The number of fused-ring (bicyclic) bond motifs is 1. The molecule has 4 nitrogen and oxygen atoms in total. The molecule has 0 unspecified atom stereocenters. The van der Waals surface area contributed by atoms with Gasteiger partial charge in [-0.1, -0.05) is 0 Å². The highest BCUT2D eigenvalue weighted by atomic mass is 16.5. The standard InChI is InChI=1S/C11H11NO3/c1-5-6(2)9-7(4-8(5)15-3)10(13)11(14)12-9/h4H,1-3H3,(H,12,13,14). The Balaban J connectivity index is 2.71. The van der Waals surface area contributed by atoms with E-state index in [4.69, 9.17) is 4.74 Å². The van der Waals surface area contributed by atoms with Crippen molar-refractivity contribution in [2.45, 2.75) is 13.8 Å². The molecule has 0 atom stereocenters. The molecule has 1 aliphatic heterocycles. The maximum Gasteiger partial charge on any atom is 0.296 e. The summed E-state index contributed by atoms with van der Waals surface area (Å²) in [4.78, 5) is 22.7. The van der Waals surface area contributed by atoms with Crippen molar-refractivity contribution in [3.63, 3.8) is 0 Å². The van der Waals surface area contributed by atoms with Crippen LogP contribution in [-0.4, -0.2) is 18.8 Å². The van der Waals surface area contributed by atoms with Crippen LogP contribution in [0.4, 0.5) is 5.69 Å². The zero-order valence-corrected chi connectivity index (χ0v) is 8.80. The summed E-state index contributed by atoms with van der Waals surface area (Å²) >= 11 is 0.